The van der Waals surface area contributed by atoms with E-state index in [1.807, 2.05) is 67.8 Å². The lowest BCUT2D eigenvalue weighted by Crippen LogP contribution is -2.17. The number of fused-ring (bicyclic) bond motifs is 2. The summed E-state index contributed by atoms with van der Waals surface area (Å²) in [7, 11) is 0. The fourth-order valence-corrected chi connectivity index (χ4v) is 3.23. The molecule has 0 aliphatic carbocycles. The van der Waals surface area contributed by atoms with Crippen LogP contribution in [0.25, 0.3) is 16.7 Å². The second-order valence-electron chi connectivity index (χ2n) is 5.93. The molecule has 0 amide bonds. The summed E-state index contributed by atoms with van der Waals surface area (Å²) < 4.78 is 3.57. The molecule has 4 rings (SSSR count). The number of hydrogen-bond acceptors (Lipinski definition) is 3. The maximum atomic E-state index is 13.4. The van der Waals surface area contributed by atoms with Crippen LogP contribution in [0.3, 0.4) is 0 Å². The van der Waals surface area contributed by atoms with E-state index in [9.17, 15) is 4.79 Å². The fourth-order valence-electron chi connectivity index (χ4n) is 3.23. The molecule has 0 N–H and O–H groups in total. The molecule has 0 radical (unpaired) electrons. The molecule has 0 unspecified atom stereocenters. The molecule has 4 aromatic rings. The van der Waals surface area contributed by atoms with Crippen LogP contribution in [0.2, 0.25) is 0 Å². The molecule has 0 aliphatic rings. The first-order valence-electron chi connectivity index (χ1n) is 8.07. The highest BCUT2D eigenvalue weighted by atomic mass is 16.2. The molecule has 120 valence electrons. The van der Waals surface area contributed by atoms with Crippen molar-refractivity contribution in [2.24, 2.45) is 0 Å². The van der Waals surface area contributed by atoms with Crippen molar-refractivity contribution in [3.8, 4) is 0 Å². The number of para-hydroxylation sites is 2. The van der Waals surface area contributed by atoms with Gasteiger partial charge in [0.15, 0.2) is 0 Å². The highest BCUT2D eigenvalue weighted by Crippen LogP contribution is 2.22. The van der Waals surface area contributed by atoms with Crippen LogP contribution in [0.5, 0.6) is 0 Å². The fraction of sp³-hybridized carbons (Fsp3) is 0.211. The molecule has 0 aliphatic heterocycles. The van der Waals surface area contributed by atoms with E-state index in [1.54, 1.807) is 4.57 Å². The maximum absolute atomic E-state index is 13.4. The Kier molecular flexibility index (Phi) is 3.23. The molecule has 0 spiro atoms. The monoisotopic (exact) mass is 318 g/mol. The Morgan fingerprint density at radius 1 is 1.08 bits per heavy atom. The number of pyridine rings is 1. The van der Waals surface area contributed by atoms with E-state index in [0.717, 1.165) is 27.9 Å². The normalized spacial score (nSPS) is 11.5. The van der Waals surface area contributed by atoms with Crippen LogP contribution >= 0.6 is 0 Å². The Morgan fingerprint density at radius 2 is 1.88 bits per heavy atom. The highest BCUT2D eigenvalue weighted by molar-refractivity contribution is 6.02. The molecule has 1 aromatic carbocycles. The summed E-state index contributed by atoms with van der Waals surface area (Å²) in [6.07, 6.45) is 2.60. The lowest BCUT2D eigenvalue weighted by atomic mass is 10.2. The smallest absolute Gasteiger partial charge is 0.282 e. The van der Waals surface area contributed by atoms with Gasteiger partial charge < -0.3 is 0 Å². The molecule has 0 atom stereocenters. The average Bonchev–Trinajstić information content (AvgIpc) is 3.12. The summed E-state index contributed by atoms with van der Waals surface area (Å²) in [5.74, 6) is 0.599. The highest BCUT2D eigenvalue weighted by Gasteiger charge is 2.23. The van der Waals surface area contributed by atoms with Crippen molar-refractivity contribution < 1.29 is 4.79 Å². The lowest BCUT2D eigenvalue weighted by Gasteiger charge is -2.07. The zero-order chi connectivity index (χ0) is 16.8. The van der Waals surface area contributed by atoms with Crippen molar-refractivity contribution in [1.82, 2.24) is 18.9 Å². The van der Waals surface area contributed by atoms with Crippen molar-refractivity contribution >= 4 is 22.6 Å². The first-order valence-corrected chi connectivity index (χ1v) is 8.07. The SMILES string of the molecule is CCc1nc2c(C)cccn2c1C(=O)n1c(C)nc2ccccc21. The number of carbonyl (C=O) groups is 1. The average molecular weight is 318 g/mol. The Balaban J connectivity index is 2.02. The van der Waals surface area contributed by atoms with E-state index in [2.05, 4.69) is 9.97 Å². The molecule has 24 heavy (non-hydrogen) atoms. The summed E-state index contributed by atoms with van der Waals surface area (Å²) in [5, 5.41) is 0. The Hall–Kier alpha value is -2.95. The Morgan fingerprint density at radius 3 is 2.67 bits per heavy atom. The number of hydrogen-bond donors (Lipinski definition) is 0. The van der Waals surface area contributed by atoms with Gasteiger partial charge in [0.2, 0.25) is 0 Å². The van der Waals surface area contributed by atoms with Gasteiger partial charge >= 0.3 is 0 Å². The number of carbonyl (C=O) groups excluding carboxylic acids is 1. The molecular formula is C19H18N4O. The summed E-state index contributed by atoms with van der Waals surface area (Å²) in [6, 6.07) is 11.6. The minimum atomic E-state index is -0.0869. The van der Waals surface area contributed by atoms with Crippen molar-refractivity contribution in [2.45, 2.75) is 27.2 Å². The first-order chi connectivity index (χ1) is 11.6. The van der Waals surface area contributed by atoms with Gasteiger partial charge in [0.05, 0.1) is 16.7 Å². The van der Waals surface area contributed by atoms with E-state index in [-0.39, 0.29) is 5.91 Å². The van der Waals surface area contributed by atoms with Gasteiger partial charge in [-0.25, -0.2) is 9.97 Å². The third-order valence-corrected chi connectivity index (χ3v) is 4.39. The topological polar surface area (TPSA) is 52.2 Å². The number of nitrogens with zero attached hydrogens (tertiary/aromatic N) is 4. The van der Waals surface area contributed by atoms with Crippen molar-refractivity contribution in [3.63, 3.8) is 0 Å². The van der Waals surface area contributed by atoms with Crippen molar-refractivity contribution in [3.05, 3.63) is 65.4 Å². The minimum Gasteiger partial charge on any atom is -0.295 e. The third-order valence-electron chi connectivity index (χ3n) is 4.39. The van der Waals surface area contributed by atoms with Gasteiger partial charge in [-0.15, -0.1) is 0 Å². The van der Waals surface area contributed by atoms with Crippen LogP contribution in [0.15, 0.2) is 42.6 Å². The summed E-state index contributed by atoms with van der Waals surface area (Å²) in [5.41, 5.74) is 4.96. The maximum Gasteiger partial charge on any atom is 0.282 e. The Bertz CT molecular complexity index is 1090. The summed E-state index contributed by atoms with van der Waals surface area (Å²) in [4.78, 5) is 22.6. The quantitative estimate of drug-likeness (QED) is 0.568. The largest absolute Gasteiger partial charge is 0.295 e. The van der Waals surface area contributed by atoms with E-state index in [1.165, 1.54) is 0 Å². The van der Waals surface area contributed by atoms with Crippen molar-refractivity contribution in [1.29, 1.82) is 0 Å². The molecule has 5 heteroatoms. The van der Waals surface area contributed by atoms with Crippen LogP contribution in [-0.2, 0) is 6.42 Å². The zero-order valence-corrected chi connectivity index (χ0v) is 13.9. The number of imidazole rings is 2. The first kappa shape index (κ1) is 14.6. The molecule has 3 heterocycles. The van der Waals surface area contributed by atoms with Gasteiger partial charge in [-0.3, -0.25) is 13.8 Å². The van der Waals surface area contributed by atoms with E-state index >= 15 is 0 Å². The minimum absolute atomic E-state index is 0.0869. The summed E-state index contributed by atoms with van der Waals surface area (Å²) >= 11 is 0. The van der Waals surface area contributed by atoms with Gasteiger partial charge in [0, 0.05) is 6.20 Å². The lowest BCUT2D eigenvalue weighted by molar-refractivity contribution is 0.0955. The standard InChI is InChI=1S/C19H18N4O/c1-4-14-17(22-11-7-8-12(2)18(22)21-14)19(24)23-13(3)20-15-9-5-6-10-16(15)23/h5-11H,4H2,1-3H3. The van der Waals surface area contributed by atoms with E-state index in [0.29, 0.717) is 17.9 Å². The Labute approximate surface area is 139 Å². The van der Waals surface area contributed by atoms with Gasteiger partial charge in [0.25, 0.3) is 5.91 Å². The van der Waals surface area contributed by atoms with E-state index in [4.69, 9.17) is 0 Å². The van der Waals surface area contributed by atoms with Crippen LogP contribution in [0.1, 0.15) is 34.5 Å². The molecule has 0 fully saturated rings. The predicted molar refractivity (Wildman–Crippen MR) is 93.5 cm³/mol. The van der Waals surface area contributed by atoms with E-state index < -0.39 is 0 Å². The molecule has 0 bridgehead atoms. The molecule has 0 saturated carbocycles. The third kappa shape index (κ3) is 1.98. The molecule has 3 aromatic heterocycles. The number of aryl methyl sites for hydroxylation is 3. The second kappa shape index (κ2) is 5.30. The molecule has 0 saturated heterocycles. The van der Waals surface area contributed by atoms with Crippen LogP contribution in [-0.4, -0.2) is 24.8 Å². The summed E-state index contributed by atoms with van der Waals surface area (Å²) in [6.45, 7) is 5.89. The van der Waals surface area contributed by atoms with Gasteiger partial charge in [-0.05, 0) is 44.0 Å². The second-order valence-corrected chi connectivity index (χ2v) is 5.93. The van der Waals surface area contributed by atoms with Crippen molar-refractivity contribution in [2.75, 3.05) is 0 Å². The number of rotatable bonds is 2. The molecule has 5 nitrogen and oxygen atoms in total. The van der Waals surface area contributed by atoms with Gasteiger partial charge in [-0.1, -0.05) is 25.1 Å². The van der Waals surface area contributed by atoms with Crippen LogP contribution < -0.4 is 0 Å². The zero-order valence-electron chi connectivity index (χ0n) is 13.9. The van der Waals surface area contributed by atoms with Crippen LogP contribution in [0.4, 0.5) is 0 Å². The predicted octanol–water partition coefficient (Wildman–Crippen LogP) is 3.55. The number of aromatic nitrogens is 4. The molecular weight excluding hydrogens is 300 g/mol. The van der Waals surface area contributed by atoms with Crippen LogP contribution in [0, 0.1) is 13.8 Å². The van der Waals surface area contributed by atoms with Gasteiger partial charge in [0.1, 0.15) is 17.2 Å². The number of benzene rings is 1. The van der Waals surface area contributed by atoms with Gasteiger partial charge in [-0.2, -0.15) is 0 Å².